The van der Waals surface area contributed by atoms with Gasteiger partial charge in [-0.2, -0.15) is 0 Å². The smallest absolute Gasteiger partial charge is 0.347 e. The standard InChI is InChI=1S/C21H30N2O5/c1-4-7-9-16-17(8-5-2)23(11-10-22-12-14-27-15-13-22)20(25)18(19(16)24)21(26)28-6-3/h4,7-9,24H,5-6,10-15H2,1-3H3/b7-4-,16-9+,17-8-. The van der Waals surface area contributed by atoms with Gasteiger partial charge in [0.1, 0.15) is 5.75 Å². The van der Waals surface area contributed by atoms with Crippen LogP contribution in [0.1, 0.15) is 37.6 Å². The number of rotatable bonds is 7. The number of morpholine rings is 1. The van der Waals surface area contributed by atoms with E-state index in [9.17, 15) is 14.7 Å². The second-order valence-corrected chi connectivity index (χ2v) is 6.46. The molecule has 154 valence electrons. The number of hydrogen-bond donors (Lipinski definition) is 1. The van der Waals surface area contributed by atoms with Gasteiger partial charge in [-0.25, -0.2) is 4.79 Å². The highest BCUT2D eigenvalue weighted by atomic mass is 16.5. The Kier molecular flexibility index (Phi) is 8.47. The van der Waals surface area contributed by atoms with Crippen molar-refractivity contribution in [3.8, 4) is 5.75 Å². The molecule has 0 aliphatic carbocycles. The van der Waals surface area contributed by atoms with Gasteiger partial charge in [0.2, 0.25) is 0 Å². The Morgan fingerprint density at radius 3 is 2.57 bits per heavy atom. The number of aromatic hydroxyl groups is 1. The Labute approximate surface area is 165 Å². The Balaban J connectivity index is 2.65. The molecule has 1 N–H and O–H groups in total. The lowest BCUT2D eigenvalue weighted by Crippen LogP contribution is -2.48. The zero-order valence-corrected chi connectivity index (χ0v) is 16.9. The van der Waals surface area contributed by atoms with Crippen molar-refractivity contribution in [3.63, 3.8) is 0 Å². The van der Waals surface area contributed by atoms with Crippen molar-refractivity contribution in [1.29, 1.82) is 0 Å². The molecule has 0 aromatic carbocycles. The van der Waals surface area contributed by atoms with Gasteiger partial charge in [0, 0.05) is 31.4 Å². The summed E-state index contributed by atoms with van der Waals surface area (Å²) in [6, 6.07) is 0. The first-order valence-corrected chi connectivity index (χ1v) is 9.81. The number of pyridine rings is 1. The SMILES string of the molecule is C\C=C/C=c1/c(O)c(C(=O)OCC)c(=O)n(CCN2CCOCC2)/c1=C\CC. The second-order valence-electron chi connectivity index (χ2n) is 6.46. The summed E-state index contributed by atoms with van der Waals surface area (Å²) in [4.78, 5) is 27.7. The molecule has 0 spiro atoms. The van der Waals surface area contributed by atoms with Gasteiger partial charge in [-0.15, -0.1) is 0 Å². The summed E-state index contributed by atoms with van der Waals surface area (Å²) in [5, 5.41) is 11.8. The predicted molar refractivity (Wildman–Crippen MR) is 109 cm³/mol. The van der Waals surface area contributed by atoms with Crippen LogP contribution in [0.2, 0.25) is 0 Å². The van der Waals surface area contributed by atoms with Gasteiger partial charge in [-0.1, -0.05) is 25.2 Å². The molecule has 7 nitrogen and oxygen atoms in total. The quantitative estimate of drug-likeness (QED) is 0.687. The number of carbonyl (C=O) groups is 1. The van der Waals surface area contributed by atoms with Gasteiger partial charge < -0.3 is 19.1 Å². The van der Waals surface area contributed by atoms with Crippen LogP contribution < -0.4 is 16.1 Å². The maximum absolute atomic E-state index is 13.1. The third kappa shape index (κ3) is 5.11. The average Bonchev–Trinajstić information content (AvgIpc) is 2.68. The molecule has 1 aromatic rings. The molecule has 28 heavy (non-hydrogen) atoms. The van der Waals surface area contributed by atoms with Crippen molar-refractivity contribution in [2.75, 3.05) is 39.5 Å². The zero-order valence-electron chi connectivity index (χ0n) is 16.9. The normalized spacial score (nSPS) is 16.8. The third-order valence-corrected chi connectivity index (χ3v) is 4.59. The summed E-state index contributed by atoms with van der Waals surface area (Å²) in [6.07, 6.45) is 7.89. The number of aromatic nitrogens is 1. The minimum absolute atomic E-state index is 0.127. The molecule has 1 aromatic heterocycles. The van der Waals surface area contributed by atoms with E-state index < -0.39 is 11.5 Å². The van der Waals surface area contributed by atoms with Crippen LogP contribution in [0, 0.1) is 0 Å². The predicted octanol–water partition coefficient (Wildman–Crippen LogP) is 0.610. The molecular weight excluding hydrogens is 360 g/mol. The van der Waals surface area contributed by atoms with E-state index in [0.717, 1.165) is 13.1 Å². The maximum atomic E-state index is 13.1. The number of ether oxygens (including phenoxy) is 2. The summed E-state index contributed by atoms with van der Waals surface area (Å²) in [6.45, 7) is 9.64. The number of carbonyl (C=O) groups excluding carboxylic acids is 1. The first-order valence-electron chi connectivity index (χ1n) is 9.81. The second kappa shape index (κ2) is 10.8. The fourth-order valence-corrected chi connectivity index (χ4v) is 3.19. The van der Waals surface area contributed by atoms with E-state index in [2.05, 4.69) is 4.90 Å². The maximum Gasteiger partial charge on any atom is 0.347 e. The highest BCUT2D eigenvalue weighted by molar-refractivity contribution is 5.92. The van der Waals surface area contributed by atoms with Crippen LogP contribution in [0.5, 0.6) is 5.75 Å². The minimum atomic E-state index is -0.803. The molecule has 0 atom stereocenters. The van der Waals surface area contributed by atoms with Gasteiger partial charge >= 0.3 is 5.97 Å². The number of esters is 1. The van der Waals surface area contributed by atoms with Crippen LogP contribution in [-0.4, -0.2) is 60.0 Å². The molecule has 1 aliphatic rings. The van der Waals surface area contributed by atoms with E-state index in [1.807, 2.05) is 26.0 Å². The van der Waals surface area contributed by atoms with E-state index in [1.54, 1.807) is 23.6 Å². The van der Waals surface area contributed by atoms with E-state index >= 15 is 0 Å². The molecule has 1 saturated heterocycles. The summed E-state index contributed by atoms with van der Waals surface area (Å²) in [5.41, 5.74) is -0.839. The first-order chi connectivity index (χ1) is 13.5. The van der Waals surface area contributed by atoms with Crippen LogP contribution in [0.4, 0.5) is 0 Å². The zero-order chi connectivity index (χ0) is 20.5. The van der Waals surface area contributed by atoms with E-state index in [4.69, 9.17) is 9.47 Å². The number of nitrogens with zero attached hydrogens (tertiary/aromatic N) is 2. The lowest BCUT2D eigenvalue weighted by atomic mass is 10.1. The fourth-order valence-electron chi connectivity index (χ4n) is 3.19. The molecule has 1 fully saturated rings. The van der Waals surface area contributed by atoms with Crippen LogP contribution in [0.3, 0.4) is 0 Å². The van der Waals surface area contributed by atoms with Crippen LogP contribution in [0.15, 0.2) is 16.9 Å². The third-order valence-electron chi connectivity index (χ3n) is 4.59. The summed E-state index contributed by atoms with van der Waals surface area (Å²) < 4.78 is 12.0. The van der Waals surface area contributed by atoms with Crippen molar-refractivity contribution in [1.82, 2.24) is 9.47 Å². The highest BCUT2D eigenvalue weighted by Gasteiger charge is 2.22. The van der Waals surface area contributed by atoms with Gasteiger partial charge in [-0.05, 0) is 26.3 Å². The molecule has 2 heterocycles. The van der Waals surface area contributed by atoms with Crippen molar-refractivity contribution < 1.29 is 19.4 Å². The largest absolute Gasteiger partial charge is 0.506 e. The van der Waals surface area contributed by atoms with Crippen LogP contribution in [0.25, 0.3) is 12.2 Å². The van der Waals surface area contributed by atoms with E-state index in [-0.39, 0.29) is 17.9 Å². The molecule has 7 heteroatoms. The molecular formula is C21H30N2O5. The summed E-state index contributed by atoms with van der Waals surface area (Å²) in [7, 11) is 0. The van der Waals surface area contributed by atoms with Crippen LogP contribution in [-0.2, 0) is 16.0 Å². The lowest BCUT2D eigenvalue weighted by Gasteiger charge is -2.27. The molecule has 0 bridgehead atoms. The fraction of sp³-hybridized carbons (Fsp3) is 0.524. The lowest BCUT2D eigenvalue weighted by molar-refractivity contribution is 0.0361. The average molecular weight is 390 g/mol. The van der Waals surface area contributed by atoms with Gasteiger partial charge in [0.15, 0.2) is 5.56 Å². The van der Waals surface area contributed by atoms with Crippen molar-refractivity contribution >= 4 is 18.1 Å². The van der Waals surface area contributed by atoms with Crippen molar-refractivity contribution in [2.24, 2.45) is 0 Å². The number of hydrogen-bond acceptors (Lipinski definition) is 6. The van der Waals surface area contributed by atoms with Gasteiger partial charge in [0.05, 0.1) is 25.2 Å². The Hall–Kier alpha value is -2.38. The van der Waals surface area contributed by atoms with E-state index in [0.29, 0.717) is 43.3 Å². The Morgan fingerprint density at radius 1 is 1.25 bits per heavy atom. The molecule has 2 rings (SSSR count). The highest BCUT2D eigenvalue weighted by Crippen LogP contribution is 2.07. The number of allylic oxidation sites excluding steroid dienone is 2. The van der Waals surface area contributed by atoms with Crippen molar-refractivity contribution in [3.05, 3.63) is 38.6 Å². The van der Waals surface area contributed by atoms with Gasteiger partial charge in [-0.3, -0.25) is 9.69 Å². The monoisotopic (exact) mass is 390 g/mol. The molecule has 1 aliphatic heterocycles. The minimum Gasteiger partial charge on any atom is -0.506 e. The Bertz CT molecular complexity index is 880. The molecule has 0 saturated carbocycles. The first kappa shape index (κ1) is 21.9. The topological polar surface area (TPSA) is 81.0 Å². The Morgan fingerprint density at radius 2 is 1.96 bits per heavy atom. The van der Waals surface area contributed by atoms with E-state index in [1.165, 1.54) is 0 Å². The van der Waals surface area contributed by atoms with Gasteiger partial charge in [0.25, 0.3) is 5.56 Å². The molecule has 0 unspecified atom stereocenters. The summed E-state index contributed by atoms with van der Waals surface area (Å²) >= 11 is 0. The summed E-state index contributed by atoms with van der Waals surface area (Å²) in [5.74, 6) is -1.13. The van der Waals surface area contributed by atoms with Crippen molar-refractivity contribution in [2.45, 2.75) is 33.7 Å². The van der Waals surface area contributed by atoms with Crippen LogP contribution >= 0.6 is 0 Å². The molecule has 0 radical (unpaired) electrons. The molecule has 0 amide bonds.